The molecule has 0 atom stereocenters. The first-order valence-electron chi connectivity index (χ1n) is 7.86. The van der Waals surface area contributed by atoms with Gasteiger partial charge in [-0.15, -0.1) is 0 Å². The van der Waals surface area contributed by atoms with Gasteiger partial charge >= 0.3 is 0 Å². The van der Waals surface area contributed by atoms with Gasteiger partial charge in [-0.3, -0.25) is 4.79 Å². The smallest absolute Gasteiger partial charge is 0.274 e. The quantitative estimate of drug-likeness (QED) is 0.629. The lowest BCUT2D eigenvalue weighted by molar-refractivity contribution is 0.102. The Kier molecular flexibility index (Phi) is 5.40. The molecule has 0 fully saturated rings. The third-order valence-electron chi connectivity index (χ3n) is 3.57. The van der Waals surface area contributed by atoms with E-state index >= 15 is 0 Å². The minimum atomic E-state index is -0.397. The Morgan fingerprint density at radius 1 is 0.962 bits per heavy atom. The number of nitrogens with zero attached hydrogens (tertiary/aromatic N) is 2. The Balaban J connectivity index is 1.83. The van der Waals surface area contributed by atoms with E-state index in [1.165, 1.54) is 0 Å². The second kappa shape index (κ2) is 7.72. The maximum atomic E-state index is 12.5. The van der Waals surface area contributed by atoms with Crippen molar-refractivity contribution in [3.8, 4) is 0 Å². The number of aromatic nitrogens is 2. The fraction of sp³-hybridized carbons (Fsp3) is 0.105. The molecule has 0 bridgehead atoms. The van der Waals surface area contributed by atoms with Crippen LogP contribution < -0.4 is 10.6 Å². The van der Waals surface area contributed by atoms with Crippen molar-refractivity contribution in [2.24, 2.45) is 0 Å². The Morgan fingerprint density at radius 2 is 1.69 bits per heavy atom. The fourth-order valence-corrected chi connectivity index (χ4v) is 2.62. The van der Waals surface area contributed by atoms with Gasteiger partial charge in [0, 0.05) is 16.4 Å². The lowest BCUT2D eigenvalue weighted by Gasteiger charge is -2.10. The minimum absolute atomic E-state index is 0.225. The van der Waals surface area contributed by atoms with Crippen LogP contribution in [0.5, 0.6) is 0 Å². The molecule has 0 aliphatic heterocycles. The van der Waals surface area contributed by atoms with Crippen LogP contribution in [0, 0.1) is 13.8 Å². The molecule has 3 aromatic rings. The first kappa shape index (κ1) is 18.2. The number of carbonyl (C=O) groups is 1. The van der Waals surface area contributed by atoms with Crippen molar-refractivity contribution in [2.75, 3.05) is 10.6 Å². The molecule has 0 aliphatic carbocycles. The Hall–Kier alpha value is -2.63. The molecule has 1 amide bonds. The second-order valence-corrected chi connectivity index (χ2v) is 6.63. The van der Waals surface area contributed by atoms with E-state index in [9.17, 15) is 4.79 Å². The highest BCUT2D eigenvalue weighted by atomic mass is 35.5. The van der Waals surface area contributed by atoms with E-state index in [1.807, 2.05) is 31.2 Å². The third-order valence-corrected chi connectivity index (χ3v) is 4.14. The van der Waals surface area contributed by atoms with Crippen LogP contribution in [0.15, 0.2) is 48.5 Å². The highest BCUT2D eigenvalue weighted by Crippen LogP contribution is 2.26. The molecule has 3 rings (SSSR count). The SMILES string of the molecule is Cc1ccc(Nc2nc(C)cc(C(=O)Nc3cc(Cl)ccc3Cl)n2)cc1. The van der Waals surface area contributed by atoms with Gasteiger partial charge in [-0.2, -0.15) is 0 Å². The van der Waals surface area contributed by atoms with E-state index in [4.69, 9.17) is 23.2 Å². The van der Waals surface area contributed by atoms with Gasteiger partial charge < -0.3 is 10.6 Å². The predicted octanol–water partition coefficient (Wildman–Crippen LogP) is 5.40. The molecule has 7 heteroatoms. The van der Waals surface area contributed by atoms with Crippen LogP contribution in [0.25, 0.3) is 0 Å². The van der Waals surface area contributed by atoms with Crippen molar-refractivity contribution in [1.82, 2.24) is 9.97 Å². The van der Waals surface area contributed by atoms with Crippen molar-refractivity contribution < 1.29 is 4.79 Å². The van der Waals surface area contributed by atoms with Crippen molar-refractivity contribution in [2.45, 2.75) is 13.8 Å². The molecule has 0 radical (unpaired) electrons. The summed E-state index contributed by atoms with van der Waals surface area (Å²) in [5.41, 5.74) is 3.30. The van der Waals surface area contributed by atoms with E-state index in [0.717, 1.165) is 11.3 Å². The van der Waals surface area contributed by atoms with Crippen molar-refractivity contribution in [3.63, 3.8) is 0 Å². The Morgan fingerprint density at radius 3 is 2.42 bits per heavy atom. The van der Waals surface area contributed by atoms with Crippen LogP contribution in [0.4, 0.5) is 17.3 Å². The van der Waals surface area contributed by atoms with Gasteiger partial charge in [0.25, 0.3) is 5.91 Å². The number of benzene rings is 2. The normalized spacial score (nSPS) is 10.5. The number of hydrogen-bond donors (Lipinski definition) is 2. The van der Waals surface area contributed by atoms with Crippen LogP contribution in [-0.4, -0.2) is 15.9 Å². The average Bonchev–Trinajstić information content (AvgIpc) is 2.59. The summed E-state index contributed by atoms with van der Waals surface area (Å²) in [7, 11) is 0. The second-order valence-electron chi connectivity index (χ2n) is 5.79. The summed E-state index contributed by atoms with van der Waals surface area (Å²) in [6.45, 7) is 3.81. The summed E-state index contributed by atoms with van der Waals surface area (Å²) >= 11 is 12.0. The van der Waals surface area contributed by atoms with Gasteiger partial charge in [0.1, 0.15) is 5.69 Å². The number of rotatable bonds is 4. The maximum Gasteiger partial charge on any atom is 0.274 e. The van der Waals surface area contributed by atoms with E-state index in [-0.39, 0.29) is 5.69 Å². The molecule has 2 aromatic carbocycles. The number of carbonyl (C=O) groups excluding carboxylic acids is 1. The zero-order valence-corrected chi connectivity index (χ0v) is 15.7. The third kappa shape index (κ3) is 4.50. The standard InChI is InChI=1S/C19H16Cl2N4O/c1-11-3-6-14(7-4-11)23-19-22-12(2)9-17(25-19)18(26)24-16-10-13(20)5-8-15(16)21/h3-10H,1-2H3,(H,24,26)(H,22,23,25). The number of hydrogen-bond acceptors (Lipinski definition) is 4. The molecule has 0 saturated carbocycles. The Bertz CT molecular complexity index is 958. The van der Waals surface area contributed by atoms with Crippen LogP contribution >= 0.6 is 23.2 Å². The summed E-state index contributed by atoms with van der Waals surface area (Å²) in [5.74, 6) is -0.0529. The molecule has 1 heterocycles. The number of anilines is 3. The monoisotopic (exact) mass is 386 g/mol. The molecule has 5 nitrogen and oxygen atoms in total. The minimum Gasteiger partial charge on any atom is -0.324 e. The van der Waals surface area contributed by atoms with Crippen molar-refractivity contribution in [1.29, 1.82) is 0 Å². The summed E-state index contributed by atoms with van der Waals surface area (Å²) in [6, 6.07) is 14.3. The largest absolute Gasteiger partial charge is 0.324 e. The van der Waals surface area contributed by atoms with Gasteiger partial charge in [-0.05, 0) is 50.2 Å². The molecule has 0 spiro atoms. The number of nitrogens with one attached hydrogen (secondary N) is 2. The lowest BCUT2D eigenvalue weighted by Crippen LogP contribution is -2.15. The van der Waals surface area contributed by atoms with E-state index < -0.39 is 5.91 Å². The van der Waals surface area contributed by atoms with Gasteiger partial charge in [0.15, 0.2) is 0 Å². The highest BCUT2D eigenvalue weighted by molar-refractivity contribution is 6.35. The van der Waals surface area contributed by atoms with E-state index in [2.05, 4.69) is 20.6 Å². The van der Waals surface area contributed by atoms with Crippen molar-refractivity contribution >= 4 is 46.4 Å². The molecular weight excluding hydrogens is 371 g/mol. The molecule has 2 N–H and O–H groups in total. The highest BCUT2D eigenvalue weighted by Gasteiger charge is 2.13. The average molecular weight is 387 g/mol. The molecule has 132 valence electrons. The van der Waals surface area contributed by atoms with E-state index in [1.54, 1.807) is 31.2 Å². The van der Waals surface area contributed by atoms with E-state index in [0.29, 0.717) is 27.4 Å². The van der Waals surface area contributed by atoms with Gasteiger partial charge in [0.05, 0.1) is 10.7 Å². The summed E-state index contributed by atoms with van der Waals surface area (Å²) < 4.78 is 0. The van der Waals surface area contributed by atoms with Crippen LogP contribution in [0.1, 0.15) is 21.7 Å². The molecule has 0 unspecified atom stereocenters. The summed E-state index contributed by atoms with van der Waals surface area (Å²) in [6.07, 6.45) is 0. The Labute approximate surface area is 161 Å². The maximum absolute atomic E-state index is 12.5. The summed E-state index contributed by atoms with van der Waals surface area (Å²) in [4.78, 5) is 21.2. The summed E-state index contributed by atoms with van der Waals surface area (Å²) in [5, 5.41) is 6.69. The number of halogens is 2. The number of aryl methyl sites for hydroxylation is 2. The van der Waals surface area contributed by atoms with Crippen LogP contribution in [0.2, 0.25) is 10.0 Å². The molecule has 1 aromatic heterocycles. The first-order valence-corrected chi connectivity index (χ1v) is 8.62. The lowest BCUT2D eigenvalue weighted by atomic mass is 10.2. The van der Waals surface area contributed by atoms with Gasteiger partial charge in [-0.1, -0.05) is 40.9 Å². The fourth-order valence-electron chi connectivity index (χ4n) is 2.29. The molecule has 0 saturated heterocycles. The molecule has 26 heavy (non-hydrogen) atoms. The van der Waals surface area contributed by atoms with Crippen LogP contribution in [-0.2, 0) is 0 Å². The van der Waals surface area contributed by atoms with Gasteiger partial charge in [0.2, 0.25) is 5.95 Å². The topological polar surface area (TPSA) is 66.9 Å². The molecule has 0 aliphatic rings. The van der Waals surface area contributed by atoms with Crippen LogP contribution in [0.3, 0.4) is 0 Å². The van der Waals surface area contributed by atoms with Gasteiger partial charge in [-0.25, -0.2) is 9.97 Å². The molecular formula is C19H16Cl2N4O. The first-order chi connectivity index (χ1) is 12.4. The van der Waals surface area contributed by atoms with Crippen molar-refractivity contribution in [3.05, 3.63) is 75.5 Å². The zero-order chi connectivity index (χ0) is 18.7. The predicted molar refractivity (Wildman–Crippen MR) is 106 cm³/mol. The number of amides is 1. The zero-order valence-electron chi connectivity index (χ0n) is 14.2.